The van der Waals surface area contributed by atoms with Gasteiger partial charge in [-0.05, 0) is 152 Å². The summed E-state index contributed by atoms with van der Waals surface area (Å²) < 4.78 is 0. The number of benzene rings is 12. The molecule has 12 aromatic carbocycles. The molecule has 0 aliphatic rings. The first-order chi connectivity index (χ1) is 34.4. The molecule has 0 spiro atoms. The summed E-state index contributed by atoms with van der Waals surface area (Å²) >= 11 is 0. The predicted molar refractivity (Wildman–Crippen MR) is 300 cm³/mol. The molecule has 0 N–H and O–H groups in total. The Labute approximate surface area is 411 Å². The molecule has 0 heterocycles. The van der Waals surface area contributed by atoms with Crippen molar-refractivity contribution in [3.63, 3.8) is 0 Å². The van der Waals surface area contributed by atoms with Crippen LogP contribution in [0.25, 0.3) is 76.8 Å². The average Bonchev–Trinajstić information content (AvgIpc) is 3.41. The molecule has 0 bridgehead atoms. The Bertz CT molecular complexity index is 3680. The van der Waals surface area contributed by atoms with Gasteiger partial charge in [0.2, 0.25) is 0 Å². The van der Waals surface area contributed by atoms with Gasteiger partial charge in [-0.1, -0.05) is 206 Å². The number of hydrogen-bond donors (Lipinski definition) is 0. The van der Waals surface area contributed by atoms with Crippen LogP contribution in [-0.2, 0) is 0 Å². The summed E-state index contributed by atoms with van der Waals surface area (Å²) in [4.78, 5) is 5.07. The van der Waals surface area contributed by atoms with Gasteiger partial charge in [-0.15, -0.1) is 0 Å². The molecule has 70 heavy (non-hydrogen) atoms. The standard InChI is InChI=1S/C68H52N2/c1-45-28-32-54(49-18-9-5-10-19-49)40-62(45)69(63-41-55(33-29-46(63)2)50-20-11-6-12-21-50)61-39-37-58-44-66(59-27-17-26-53-36-38-60(61)68(58)67(53)59)70(64-42-56(34-30-47(64)3)51-22-13-7-14-23-51)65-43-57(35-31-48(65)4)52-24-15-8-16-25-52/h5-44H,1-4H3. The summed E-state index contributed by atoms with van der Waals surface area (Å²) in [5.74, 6) is 0. The summed E-state index contributed by atoms with van der Waals surface area (Å²) in [7, 11) is 0. The molecular formula is C68H52N2. The van der Waals surface area contributed by atoms with Crippen molar-refractivity contribution in [2.24, 2.45) is 0 Å². The van der Waals surface area contributed by atoms with Gasteiger partial charge in [0.1, 0.15) is 0 Å². The fourth-order valence-corrected chi connectivity index (χ4v) is 10.6. The van der Waals surface area contributed by atoms with E-state index < -0.39 is 0 Å². The van der Waals surface area contributed by atoms with Gasteiger partial charge in [-0.3, -0.25) is 0 Å². The zero-order valence-corrected chi connectivity index (χ0v) is 40.0. The summed E-state index contributed by atoms with van der Waals surface area (Å²) in [6.45, 7) is 8.98. The lowest BCUT2D eigenvalue weighted by molar-refractivity contribution is 1.23. The zero-order chi connectivity index (χ0) is 47.3. The van der Waals surface area contributed by atoms with Gasteiger partial charge in [0, 0.05) is 33.5 Å². The Kier molecular flexibility index (Phi) is 10.8. The molecule has 2 heteroatoms. The van der Waals surface area contributed by atoms with E-state index >= 15 is 0 Å². The van der Waals surface area contributed by atoms with Gasteiger partial charge < -0.3 is 9.80 Å². The summed E-state index contributed by atoms with van der Waals surface area (Å²) in [5.41, 5.74) is 21.2. The second-order valence-electron chi connectivity index (χ2n) is 18.7. The molecule has 0 saturated heterocycles. The molecule has 12 rings (SSSR count). The molecule has 2 nitrogen and oxygen atoms in total. The minimum atomic E-state index is 1.14. The normalized spacial score (nSPS) is 11.4. The maximum Gasteiger partial charge on any atom is 0.0546 e. The first-order valence-electron chi connectivity index (χ1n) is 24.3. The quantitative estimate of drug-likeness (QED) is 0.126. The van der Waals surface area contributed by atoms with Crippen molar-refractivity contribution in [2.45, 2.75) is 27.7 Å². The van der Waals surface area contributed by atoms with E-state index in [0.29, 0.717) is 0 Å². The van der Waals surface area contributed by atoms with E-state index in [1.807, 2.05) is 0 Å². The molecule has 0 radical (unpaired) electrons. The Hall–Kier alpha value is -8.72. The topological polar surface area (TPSA) is 6.48 Å². The van der Waals surface area contributed by atoms with Crippen LogP contribution in [0.5, 0.6) is 0 Å². The van der Waals surface area contributed by atoms with Crippen LogP contribution in [-0.4, -0.2) is 0 Å². The first-order valence-corrected chi connectivity index (χ1v) is 24.3. The third-order valence-corrected chi connectivity index (χ3v) is 14.3. The van der Waals surface area contributed by atoms with Crippen LogP contribution in [0.1, 0.15) is 22.3 Å². The molecule has 0 amide bonds. The number of hydrogen-bond acceptors (Lipinski definition) is 2. The smallest absolute Gasteiger partial charge is 0.0546 e. The molecule has 0 aromatic heterocycles. The zero-order valence-electron chi connectivity index (χ0n) is 40.0. The van der Waals surface area contributed by atoms with Crippen LogP contribution in [0.2, 0.25) is 0 Å². The second-order valence-corrected chi connectivity index (χ2v) is 18.7. The number of rotatable bonds is 10. The summed E-state index contributed by atoms with van der Waals surface area (Å²) in [6.07, 6.45) is 0. The van der Waals surface area contributed by atoms with Gasteiger partial charge >= 0.3 is 0 Å². The van der Waals surface area contributed by atoms with E-state index in [4.69, 9.17) is 0 Å². The Morgan fingerprint density at radius 3 is 0.957 bits per heavy atom. The van der Waals surface area contributed by atoms with Crippen molar-refractivity contribution >= 4 is 66.4 Å². The highest BCUT2D eigenvalue weighted by Crippen LogP contribution is 2.51. The van der Waals surface area contributed by atoms with Gasteiger partial charge in [0.15, 0.2) is 0 Å². The van der Waals surface area contributed by atoms with Crippen LogP contribution < -0.4 is 9.80 Å². The molecule has 0 aliphatic heterocycles. The first kappa shape index (κ1) is 42.6. The molecule has 12 aromatic rings. The fourth-order valence-electron chi connectivity index (χ4n) is 10.6. The van der Waals surface area contributed by atoms with E-state index in [1.54, 1.807) is 0 Å². The Morgan fingerprint density at radius 1 is 0.214 bits per heavy atom. The highest BCUT2D eigenvalue weighted by Gasteiger charge is 2.26. The maximum absolute atomic E-state index is 2.54. The molecule has 0 fully saturated rings. The third kappa shape index (κ3) is 7.55. The summed E-state index contributed by atoms with van der Waals surface area (Å²) in [5, 5.41) is 7.35. The van der Waals surface area contributed by atoms with Gasteiger partial charge in [0.25, 0.3) is 0 Å². The van der Waals surface area contributed by atoms with Crippen molar-refractivity contribution in [3.8, 4) is 44.5 Å². The molecule has 334 valence electrons. The fraction of sp³-hybridized carbons (Fsp3) is 0.0588. The minimum absolute atomic E-state index is 1.14. The van der Waals surface area contributed by atoms with E-state index in [0.717, 1.165) is 34.1 Å². The molecule has 0 unspecified atom stereocenters. The van der Waals surface area contributed by atoms with E-state index in [-0.39, 0.29) is 0 Å². The van der Waals surface area contributed by atoms with E-state index in [1.165, 1.54) is 99.1 Å². The lowest BCUT2D eigenvalue weighted by atomic mass is 9.90. The number of nitrogens with zero attached hydrogens (tertiary/aromatic N) is 2. The van der Waals surface area contributed by atoms with Crippen molar-refractivity contribution in [2.75, 3.05) is 9.80 Å². The lowest BCUT2D eigenvalue weighted by Crippen LogP contribution is -2.15. The second kappa shape index (κ2) is 17.7. The lowest BCUT2D eigenvalue weighted by Gasteiger charge is -2.33. The SMILES string of the molecule is Cc1ccc(-c2ccccc2)cc1N(c1cc(-c2ccccc2)ccc1C)c1cc2ccc(N(c3cc(-c4ccccc4)ccc3C)c3cc(-c4ccccc4)ccc3C)c3ccc4cccc1c4c23. The third-order valence-electron chi connectivity index (χ3n) is 14.3. The largest absolute Gasteiger partial charge is 0.309 e. The average molecular weight is 897 g/mol. The maximum atomic E-state index is 2.54. The summed E-state index contributed by atoms with van der Waals surface area (Å²) in [6, 6.07) is 89.4. The van der Waals surface area contributed by atoms with Crippen LogP contribution >= 0.6 is 0 Å². The molecule has 0 atom stereocenters. The van der Waals surface area contributed by atoms with Crippen molar-refractivity contribution in [1.82, 2.24) is 0 Å². The van der Waals surface area contributed by atoms with Crippen molar-refractivity contribution in [3.05, 3.63) is 265 Å². The van der Waals surface area contributed by atoms with Crippen LogP contribution in [0.4, 0.5) is 34.1 Å². The highest BCUT2D eigenvalue weighted by molar-refractivity contribution is 6.29. The monoisotopic (exact) mass is 896 g/mol. The highest BCUT2D eigenvalue weighted by atomic mass is 15.2. The van der Waals surface area contributed by atoms with Crippen molar-refractivity contribution < 1.29 is 0 Å². The van der Waals surface area contributed by atoms with E-state index in [2.05, 4.69) is 280 Å². The van der Waals surface area contributed by atoms with Crippen LogP contribution in [0.3, 0.4) is 0 Å². The van der Waals surface area contributed by atoms with Crippen LogP contribution in [0.15, 0.2) is 243 Å². The van der Waals surface area contributed by atoms with Gasteiger partial charge in [-0.2, -0.15) is 0 Å². The Morgan fingerprint density at radius 2 is 0.557 bits per heavy atom. The molecule has 0 aliphatic carbocycles. The molecule has 0 saturated carbocycles. The van der Waals surface area contributed by atoms with E-state index in [9.17, 15) is 0 Å². The van der Waals surface area contributed by atoms with Gasteiger partial charge in [0.05, 0.1) is 11.4 Å². The minimum Gasteiger partial charge on any atom is -0.309 e. The molecular weight excluding hydrogens is 845 g/mol. The number of aryl methyl sites for hydroxylation is 4. The van der Waals surface area contributed by atoms with Crippen LogP contribution in [0, 0.1) is 27.7 Å². The Balaban J connectivity index is 1.13. The predicted octanol–water partition coefficient (Wildman–Crippen LogP) is 19.4. The number of anilines is 6. The van der Waals surface area contributed by atoms with Gasteiger partial charge in [-0.25, -0.2) is 0 Å². The van der Waals surface area contributed by atoms with Crippen molar-refractivity contribution in [1.29, 1.82) is 0 Å².